The molecule has 0 aromatic rings. The molecule has 0 heterocycles. The summed E-state index contributed by atoms with van der Waals surface area (Å²) in [5, 5.41) is 0. The first-order valence-electron chi connectivity index (χ1n) is 21.8. The lowest BCUT2D eigenvalue weighted by molar-refractivity contribution is -0.167. The Morgan fingerprint density at radius 1 is 0.396 bits per heavy atom. The molecule has 0 bridgehead atoms. The van der Waals surface area contributed by atoms with E-state index in [1.54, 1.807) is 0 Å². The summed E-state index contributed by atoms with van der Waals surface area (Å²) in [4.78, 5) is 37.6. The second kappa shape index (κ2) is 41.9. The molecule has 1 unspecified atom stereocenters. The minimum atomic E-state index is -0.789. The number of allylic oxidation sites excluding steroid dienone is 10. The lowest BCUT2D eigenvalue weighted by Gasteiger charge is -2.18. The average Bonchev–Trinajstić information content (AvgIpc) is 3.15. The Morgan fingerprint density at radius 2 is 0.774 bits per heavy atom. The van der Waals surface area contributed by atoms with Crippen LogP contribution in [0.5, 0.6) is 0 Å². The van der Waals surface area contributed by atoms with E-state index in [0.29, 0.717) is 19.3 Å². The van der Waals surface area contributed by atoms with Crippen LogP contribution in [-0.2, 0) is 28.6 Å². The number of carbonyl (C=O) groups excluding carboxylic acids is 3. The highest BCUT2D eigenvalue weighted by molar-refractivity contribution is 5.71. The lowest BCUT2D eigenvalue weighted by Crippen LogP contribution is -2.30. The number of carbonyl (C=O) groups is 3. The van der Waals surface area contributed by atoms with Crippen molar-refractivity contribution < 1.29 is 28.6 Å². The van der Waals surface area contributed by atoms with E-state index >= 15 is 0 Å². The van der Waals surface area contributed by atoms with E-state index in [1.807, 2.05) is 0 Å². The largest absolute Gasteiger partial charge is 0.462 e. The van der Waals surface area contributed by atoms with Crippen LogP contribution in [0.2, 0.25) is 0 Å². The van der Waals surface area contributed by atoms with Crippen LogP contribution in [0.1, 0.15) is 201 Å². The fourth-order valence-corrected chi connectivity index (χ4v) is 5.73. The van der Waals surface area contributed by atoms with Gasteiger partial charge in [0, 0.05) is 19.3 Å². The van der Waals surface area contributed by atoms with Crippen LogP contribution in [-0.4, -0.2) is 37.2 Å². The van der Waals surface area contributed by atoms with Gasteiger partial charge in [-0.15, -0.1) is 0 Å². The molecule has 0 N–H and O–H groups in total. The maximum Gasteiger partial charge on any atom is 0.306 e. The molecule has 0 aromatic carbocycles. The molecule has 0 saturated heterocycles. The summed E-state index contributed by atoms with van der Waals surface area (Å²) in [7, 11) is 0. The number of esters is 3. The van der Waals surface area contributed by atoms with Gasteiger partial charge in [-0.3, -0.25) is 14.4 Å². The van der Waals surface area contributed by atoms with E-state index in [-0.39, 0.29) is 31.1 Å². The van der Waals surface area contributed by atoms with Crippen molar-refractivity contribution in [1.82, 2.24) is 0 Å². The Hall–Kier alpha value is -2.89. The first kappa shape index (κ1) is 50.1. The van der Waals surface area contributed by atoms with Crippen LogP contribution in [0.15, 0.2) is 60.8 Å². The van der Waals surface area contributed by atoms with Gasteiger partial charge in [0.1, 0.15) is 13.2 Å². The zero-order valence-corrected chi connectivity index (χ0v) is 34.5. The van der Waals surface area contributed by atoms with Crippen LogP contribution in [0.25, 0.3) is 0 Å². The van der Waals surface area contributed by atoms with Gasteiger partial charge in [0.15, 0.2) is 6.10 Å². The van der Waals surface area contributed by atoms with Gasteiger partial charge < -0.3 is 14.2 Å². The van der Waals surface area contributed by atoms with Gasteiger partial charge in [-0.1, -0.05) is 165 Å². The number of hydrogen-bond donors (Lipinski definition) is 0. The summed E-state index contributed by atoms with van der Waals surface area (Å²) in [6.45, 7) is 6.38. The Bertz CT molecular complexity index is 991. The molecule has 1 atom stereocenters. The molecule has 304 valence electrons. The fraction of sp³-hybridized carbons (Fsp3) is 0.723. The normalized spacial score (nSPS) is 12.6. The molecule has 0 aliphatic rings. The predicted octanol–water partition coefficient (Wildman–Crippen LogP) is 13.7. The zero-order valence-electron chi connectivity index (χ0n) is 34.5. The van der Waals surface area contributed by atoms with E-state index in [4.69, 9.17) is 14.2 Å². The predicted molar refractivity (Wildman–Crippen MR) is 224 cm³/mol. The summed E-state index contributed by atoms with van der Waals surface area (Å²) < 4.78 is 16.6. The number of hydrogen-bond acceptors (Lipinski definition) is 6. The topological polar surface area (TPSA) is 78.9 Å². The third kappa shape index (κ3) is 40.1. The van der Waals surface area contributed by atoms with E-state index < -0.39 is 6.10 Å². The average molecular weight is 741 g/mol. The standard InChI is InChI=1S/C47H80O6/c1-4-7-10-13-16-19-22-23-24-25-26-29-31-34-37-40-46(49)52-43-44(53-47(50)41-38-35-32-28-21-18-15-12-9-6-3)42-51-45(48)39-36-33-30-27-20-17-14-11-8-5-2/h7,10,12,15-16,19,23-24,26,29,44H,4-6,8-9,11,13-14,17-18,20-22,25,27-28,30-43H2,1-3H3/b10-7-,15-12-,19-16-,24-23-,29-26-. The minimum Gasteiger partial charge on any atom is -0.462 e. The maximum atomic E-state index is 12.6. The highest BCUT2D eigenvalue weighted by Crippen LogP contribution is 2.13. The molecule has 0 aromatic heterocycles. The van der Waals surface area contributed by atoms with Crippen LogP contribution >= 0.6 is 0 Å². The van der Waals surface area contributed by atoms with Crippen molar-refractivity contribution in [3.05, 3.63) is 60.8 Å². The van der Waals surface area contributed by atoms with Gasteiger partial charge in [-0.2, -0.15) is 0 Å². The van der Waals surface area contributed by atoms with Gasteiger partial charge in [0.2, 0.25) is 0 Å². The summed E-state index contributed by atoms with van der Waals surface area (Å²) >= 11 is 0. The molecule has 53 heavy (non-hydrogen) atoms. The zero-order chi connectivity index (χ0) is 38.7. The summed E-state index contributed by atoms with van der Waals surface area (Å²) in [5.41, 5.74) is 0. The van der Waals surface area contributed by atoms with Crippen LogP contribution < -0.4 is 0 Å². The van der Waals surface area contributed by atoms with E-state index in [9.17, 15) is 14.4 Å². The fourth-order valence-electron chi connectivity index (χ4n) is 5.73. The highest BCUT2D eigenvalue weighted by atomic mass is 16.6. The Labute approximate surface area is 326 Å². The van der Waals surface area contributed by atoms with Crippen LogP contribution in [0.3, 0.4) is 0 Å². The molecule has 0 fully saturated rings. The van der Waals surface area contributed by atoms with Gasteiger partial charge in [0.05, 0.1) is 0 Å². The molecule has 0 aliphatic carbocycles. The smallest absolute Gasteiger partial charge is 0.306 e. The molecule has 0 rings (SSSR count). The third-order valence-electron chi connectivity index (χ3n) is 8.99. The van der Waals surface area contributed by atoms with Gasteiger partial charge in [-0.25, -0.2) is 0 Å². The molecule has 0 radical (unpaired) electrons. The number of unbranched alkanes of at least 4 members (excludes halogenated alkanes) is 17. The van der Waals surface area contributed by atoms with Crippen molar-refractivity contribution in [3.8, 4) is 0 Å². The molecule has 6 heteroatoms. The van der Waals surface area contributed by atoms with Gasteiger partial charge in [0.25, 0.3) is 0 Å². The first-order chi connectivity index (χ1) is 26.0. The van der Waals surface area contributed by atoms with Crippen molar-refractivity contribution in [2.45, 2.75) is 207 Å². The summed E-state index contributed by atoms with van der Waals surface area (Å²) in [5.74, 6) is -0.952. The van der Waals surface area contributed by atoms with E-state index in [0.717, 1.165) is 103 Å². The van der Waals surface area contributed by atoms with Gasteiger partial charge >= 0.3 is 17.9 Å². The quantitative estimate of drug-likeness (QED) is 0.0271. The van der Waals surface area contributed by atoms with Crippen LogP contribution in [0.4, 0.5) is 0 Å². The number of rotatable bonds is 38. The van der Waals surface area contributed by atoms with Crippen LogP contribution in [0, 0.1) is 0 Å². The lowest BCUT2D eigenvalue weighted by atomic mass is 10.1. The molecular weight excluding hydrogens is 661 g/mol. The van der Waals surface area contributed by atoms with E-state index in [2.05, 4.69) is 81.5 Å². The van der Waals surface area contributed by atoms with E-state index in [1.165, 1.54) is 57.8 Å². The van der Waals surface area contributed by atoms with Crippen molar-refractivity contribution in [2.75, 3.05) is 13.2 Å². The molecular formula is C47H80O6. The first-order valence-corrected chi connectivity index (χ1v) is 21.8. The minimum absolute atomic E-state index is 0.0903. The molecule has 0 saturated carbocycles. The van der Waals surface area contributed by atoms with Crippen molar-refractivity contribution in [1.29, 1.82) is 0 Å². The monoisotopic (exact) mass is 741 g/mol. The van der Waals surface area contributed by atoms with Crippen molar-refractivity contribution in [2.24, 2.45) is 0 Å². The second-order valence-corrected chi connectivity index (χ2v) is 14.2. The maximum absolute atomic E-state index is 12.6. The SMILES string of the molecule is CC/C=C\C/C=C\C/C=C\C/C=C\CCCCC(=O)OCC(COC(=O)CCCCCCCCCCCC)OC(=O)CCCCCCC/C=C\CCC. The Morgan fingerprint density at radius 3 is 1.28 bits per heavy atom. The second-order valence-electron chi connectivity index (χ2n) is 14.2. The molecule has 6 nitrogen and oxygen atoms in total. The third-order valence-corrected chi connectivity index (χ3v) is 8.99. The molecule has 0 spiro atoms. The Kier molecular flexibility index (Phi) is 39.6. The number of ether oxygens (including phenoxy) is 3. The van der Waals surface area contributed by atoms with Crippen molar-refractivity contribution >= 4 is 17.9 Å². The molecule has 0 aliphatic heterocycles. The summed E-state index contributed by atoms with van der Waals surface area (Å²) in [6, 6.07) is 0. The van der Waals surface area contributed by atoms with Gasteiger partial charge in [-0.05, 0) is 77.0 Å². The Balaban J connectivity index is 4.44. The van der Waals surface area contributed by atoms with Crippen molar-refractivity contribution in [3.63, 3.8) is 0 Å². The highest BCUT2D eigenvalue weighted by Gasteiger charge is 2.19. The summed E-state index contributed by atoms with van der Waals surface area (Å²) in [6.07, 6.45) is 49.2. The molecule has 0 amide bonds.